The third kappa shape index (κ3) is 69.9. The van der Waals surface area contributed by atoms with Crippen LogP contribution in [0.15, 0.2) is 97.2 Å². The molecule has 10 heteroatoms. The van der Waals surface area contributed by atoms with Crippen molar-refractivity contribution in [1.82, 2.24) is 0 Å². The van der Waals surface area contributed by atoms with Gasteiger partial charge in [-0.3, -0.25) is 18.6 Å². The van der Waals surface area contributed by atoms with E-state index in [9.17, 15) is 19.0 Å². The van der Waals surface area contributed by atoms with Gasteiger partial charge in [0.05, 0.1) is 13.2 Å². The summed E-state index contributed by atoms with van der Waals surface area (Å²) in [6, 6.07) is 0. The summed E-state index contributed by atoms with van der Waals surface area (Å²) in [6.07, 6.45) is 95.1. The lowest BCUT2D eigenvalue weighted by molar-refractivity contribution is -0.161. The normalized spacial score (nSPS) is 13.5. The third-order valence-corrected chi connectivity index (χ3v) is 16.4. The molecule has 0 amide bonds. The van der Waals surface area contributed by atoms with Crippen LogP contribution in [0.3, 0.4) is 0 Å². The van der Waals surface area contributed by atoms with E-state index in [1.807, 2.05) is 0 Å². The Balaban J connectivity index is 3.83. The number of nitrogens with two attached hydrogens (primary N) is 1. The summed E-state index contributed by atoms with van der Waals surface area (Å²) in [7, 11) is -4.40. The van der Waals surface area contributed by atoms with E-state index in [0.29, 0.717) is 6.42 Å². The van der Waals surface area contributed by atoms with Crippen molar-refractivity contribution < 1.29 is 37.6 Å². The van der Waals surface area contributed by atoms with Gasteiger partial charge in [0.1, 0.15) is 6.61 Å². The second-order valence-corrected chi connectivity index (χ2v) is 25.1. The number of phosphoric acid groups is 1. The molecule has 9 nitrogen and oxygen atoms in total. The van der Waals surface area contributed by atoms with Crippen LogP contribution in [0.25, 0.3) is 0 Å². The number of phosphoric ester groups is 1. The molecule has 0 spiro atoms. The highest BCUT2D eigenvalue weighted by Gasteiger charge is 2.26. The molecule has 3 N–H and O–H groups in total. The van der Waals surface area contributed by atoms with Gasteiger partial charge < -0.3 is 20.1 Å². The predicted octanol–water partition coefficient (Wildman–Crippen LogP) is 23.5. The van der Waals surface area contributed by atoms with Crippen LogP contribution in [-0.2, 0) is 32.7 Å². The molecule has 0 heterocycles. The molecular formula is C75H134NO8P. The Bertz CT molecular complexity index is 1720. The van der Waals surface area contributed by atoms with Crippen molar-refractivity contribution >= 4 is 19.8 Å². The van der Waals surface area contributed by atoms with E-state index >= 15 is 0 Å². The topological polar surface area (TPSA) is 134 Å². The fourth-order valence-corrected chi connectivity index (χ4v) is 11.0. The van der Waals surface area contributed by atoms with Crippen molar-refractivity contribution in [1.29, 1.82) is 0 Å². The van der Waals surface area contributed by atoms with Gasteiger partial charge in [-0.25, -0.2) is 4.57 Å². The molecule has 2 atom stereocenters. The van der Waals surface area contributed by atoms with E-state index in [1.54, 1.807) is 0 Å². The zero-order valence-electron chi connectivity index (χ0n) is 55.3. The fraction of sp³-hybridized carbons (Fsp3) is 0.760. The second kappa shape index (κ2) is 70.0. The average Bonchev–Trinajstić information content (AvgIpc) is 3.52. The summed E-state index contributed by atoms with van der Waals surface area (Å²) in [5.74, 6) is -0.813. The number of rotatable bonds is 67. The lowest BCUT2D eigenvalue weighted by atomic mass is 10.0. The van der Waals surface area contributed by atoms with Crippen molar-refractivity contribution in [3.8, 4) is 0 Å². The van der Waals surface area contributed by atoms with Crippen LogP contribution in [0.2, 0.25) is 0 Å². The maximum absolute atomic E-state index is 12.8. The lowest BCUT2D eigenvalue weighted by Crippen LogP contribution is -2.29. The van der Waals surface area contributed by atoms with E-state index < -0.39 is 26.5 Å². The summed E-state index contributed by atoms with van der Waals surface area (Å²) in [5.41, 5.74) is 5.41. The van der Waals surface area contributed by atoms with Crippen molar-refractivity contribution in [3.63, 3.8) is 0 Å². The first-order valence-electron chi connectivity index (χ1n) is 35.7. The Hall–Kier alpha value is -3.07. The minimum absolute atomic E-state index is 0.0528. The minimum atomic E-state index is -4.40. The van der Waals surface area contributed by atoms with Gasteiger partial charge in [-0.05, 0) is 89.9 Å². The fourth-order valence-electron chi connectivity index (χ4n) is 10.3. The number of ether oxygens (including phenoxy) is 2. The quantitative estimate of drug-likeness (QED) is 0.0264. The first-order valence-corrected chi connectivity index (χ1v) is 37.2. The molecule has 0 aliphatic rings. The maximum atomic E-state index is 12.8. The van der Waals surface area contributed by atoms with E-state index in [4.69, 9.17) is 24.3 Å². The zero-order chi connectivity index (χ0) is 61.6. The van der Waals surface area contributed by atoms with Crippen LogP contribution < -0.4 is 5.73 Å². The molecule has 0 bridgehead atoms. The molecule has 0 fully saturated rings. The van der Waals surface area contributed by atoms with Gasteiger partial charge in [0.2, 0.25) is 0 Å². The van der Waals surface area contributed by atoms with Crippen LogP contribution in [0.5, 0.6) is 0 Å². The number of allylic oxidation sites excluding steroid dienone is 16. The van der Waals surface area contributed by atoms with Gasteiger partial charge in [0, 0.05) is 19.4 Å². The Labute approximate surface area is 525 Å². The van der Waals surface area contributed by atoms with Gasteiger partial charge >= 0.3 is 19.8 Å². The largest absolute Gasteiger partial charge is 0.472 e. The van der Waals surface area contributed by atoms with Gasteiger partial charge in [0.15, 0.2) is 6.10 Å². The monoisotopic (exact) mass is 1210 g/mol. The highest BCUT2D eigenvalue weighted by molar-refractivity contribution is 7.47. The molecule has 85 heavy (non-hydrogen) atoms. The van der Waals surface area contributed by atoms with E-state index in [-0.39, 0.29) is 38.6 Å². The highest BCUT2D eigenvalue weighted by Crippen LogP contribution is 2.43. The van der Waals surface area contributed by atoms with Crippen molar-refractivity contribution in [2.45, 2.75) is 341 Å². The van der Waals surface area contributed by atoms with Gasteiger partial charge in [-0.15, -0.1) is 0 Å². The predicted molar refractivity (Wildman–Crippen MR) is 367 cm³/mol. The zero-order valence-corrected chi connectivity index (χ0v) is 56.2. The van der Waals surface area contributed by atoms with Crippen molar-refractivity contribution in [3.05, 3.63) is 97.2 Å². The Morgan fingerprint density at radius 2 is 0.612 bits per heavy atom. The maximum Gasteiger partial charge on any atom is 0.472 e. The number of hydrogen-bond donors (Lipinski definition) is 2. The third-order valence-electron chi connectivity index (χ3n) is 15.5. The molecule has 0 aromatic carbocycles. The summed E-state index contributed by atoms with van der Waals surface area (Å²) in [6.45, 7) is 3.57. The second-order valence-electron chi connectivity index (χ2n) is 23.7. The summed E-state index contributed by atoms with van der Waals surface area (Å²) < 4.78 is 33.2. The Kier molecular flexibility index (Phi) is 67.5. The van der Waals surface area contributed by atoms with Gasteiger partial charge in [-0.1, -0.05) is 329 Å². The van der Waals surface area contributed by atoms with Gasteiger partial charge in [0.25, 0.3) is 0 Å². The highest BCUT2D eigenvalue weighted by atomic mass is 31.2. The van der Waals surface area contributed by atoms with E-state index in [0.717, 1.165) is 83.5 Å². The molecule has 0 saturated heterocycles. The van der Waals surface area contributed by atoms with Crippen LogP contribution in [0.4, 0.5) is 0 Å². The summed E-state index contributed by atoms with van der Waals surface area (Å²) in [4.78, 5) is 35.4. The molecule has 0 aliphatic heterocycles. The number of carbonyl (C=O) groups is 2. The first-order chi connectivity index (χ1) is 41.8. The Morgan fingerprint density at radius 1 is 0.353 bits per heavy atom. The molecule has 0 aliphatic carbocycles. The molecule has 0 saturated carbocycles. The number of esters is 2. The van der Waals surface area contributed by atoms with E-state index in [2.05, 4.69) is 111 Å². The standard InChI is InChI=1S/C75H134NO8P/c1-3-5-7-9-11-13-15-17-19-21-23-25-27-29-31-33-35-36-38-40-42-44-46-48-50-52-54-56-58-60-62-64-66-68-75(78)84-73(72-83-85(79,80)82-70-69-76)71-81-74(77)67-65-63-61-59-57-55-53-51-49-47-45-43-41-39-37-34-32-30-28-26-24-22-20-18-16-14-12-10-8-6-4-2/h5-8,11-14,17-20,23-26,73H,3-4,9-10,15-16,21-22,27-72,76H2,1-2H3,(H,79,80)/b7-5-,8-6-,13-11-,14-12-,19-17-,20-18-,25-23-,26-24-. The van der Waals surface area contributed by atoms with E-state index in [1.165, 1.54) is 218 Å². The van der Waals surface area contributed by atoms with Crippen molar-refractivity contribution in [2.24, 2.45) is 5.73 Å². The molecule has 0 aromatic heterocycles. The smallest absolute Gasteiger partial charge is 0.462 e. The number of hydrogen-bond acceptors (Lipinski definition) is 8. The molecule has 0 radical (unpaired) electrons. The van der Waals surface area contributed by atoms with Gasteiger partial charge in [-0.2, -0.15) is 0 Å². The summed E-state index contributed by atoms with van der Waals surface area (Å²) in [5, 5.41) is 0. The number of unbranched alkanes of at least 4 members (excludes halogenated alkanes) is 38. The molecular weight excluding hydrogens is 1070 g/mol. The molecule has 492 valence electrons. The lowest BCUT2D eigenvalue weighted by Gasteiger charge is -2.19. The molecule has 0 rings (SSSR count). The SMILES string of the molecule is CC/C=C\C/C=C\C/C=C\C/C=C\CCCCCCCCCCCCCCCCCCCCCCC(=O)OC(COC(=O)CCCCCCCCCCCCCCCCCCCC/C=C\C/C=C\C/C=C\C/C=C\CC)COP(=O)(O)OCCN. The summed E-state index contributed by atoms with van der Waals surface area (Å²) >= 11 is 0. The number of carbonyl (C=O) groups excluding carboxylic acids is 2. The molecule has 0 aromatic rings. The Morgan fingerprint density at radius 3 is 0.906 bits per heavy atom. The first kappa shape index (κ1) is 81.9. The minimum Gasteiger partial charge on any atom is -0.462 e. The van der Waals surface area contributed by atoms with Crippen LogP contribution >= 0.6 is 7.82 Å². The van der Waals surface area contributed by atoms with Crippen LogP contribution in [0.1, 0.15) is 335 Å². The molecule has 2 unspecified atom stereocenters. The van der Waals surface area contributed by atoms with Crippen molar-refractivity contribution in [2.75, 3.05) is 26.4 Å². The average molecular weight is 1210 g/mol. The van der Waals surface area contributed by atoms with Crippen LogP contribution in [-0.4, -0.2) is 49.3 Å². The van der Waals surface area contributed by atoms with Crippen LogP contribution in [0, 0.1) is 0 Å².